The van der Waals surface area contributed by atoms with E-state index in [9.17, 15) is 4.79 Å². The van der Waals surface area contributed by atoms with Crippen LogP contribution in [0.2, 0.25) is 0 Å². The number of piperidine rings is 1. The Morgan fingerprint density at radius 1 is 1.14 bits per heavy atom. The maximum Gasteiger partial charge on any atom is 0.241 e. The van der Waals surface area contributed by atoms with Crippen LogP contribution in [-0.2, 0) is 11.2 Å². The molecule has 2 fully saturated rings. The smallest absolute Gasteiger partial charge is 0.241 e. The molecular formula is C17H25N3O. The van der Waals surface area contributed by atoms with Crippen LogP contribution in [0, 0.1) is 5.92 Å². The first-order valence-corrected chi connectivity index (χ1v) is 8.01. The summed E-state index contributed by atoms with van der Waals surface area (Å²) in [7, 11) is 1.88. The van der Waals surface area contributed by atoms with Crippen molar-refractivity contribution < 1.29 is 4.79 Å². The number of nitrogens with one attached hydrogen (secondary N) is 1. The summed E-state index contributed by atoms with van der Waals surface area (Å²) in [5.74, 6) is 1.03. The van der Waals surface area contributed by atoms with Gasteiger partial charge in [0.1, 0.15) is 0 Å². The second-order valence-electron chi connectivity index (χ2n) is 6.30. The molecule has 0 aromatic heterocycles. The summed E-state index contributed by atoms with van der Waals surface area (Å²) in [4.78, 5) is 15.8. The van der Waals surface area contributed by atoms with E-state index < -0.39 is 0 Å². The molecule has 2 aliphatic heterocycles. The van der Waals surface area contributed by atoms with Crippen LogP contribution in [0.5, 0.6) is 0 Å². The Morgan fingerprint density at radius 2 is 1.86 bits per heavy atom. The zero-order chi connectivity index (χ0) is 14.7. The first-order valence-electron chi connectivity index (χ1n) is 8.01. The number of carbonyl (C=O) groups is 1. The van der Waals surface area contributed by atoms with Gasteiger partial charge in [0.15, 0.2) is 0 Å². The Morgan fingerprint density at radius 3 is 2.52 bits per heavy atom. The number of amides is 1. The lowest BCUT2D eigenvalue weighted by atomic mass is 9.91. The van der Waals surface area contributed by atoms with Gasteiger partial charge in [0.05, 0.1) is 6.54 Å². The number of hydrogen-bond donors (Lipinski definition) is 1. The number of carbonyl (C=O) groups excluding carboxylic acids is 1. The van der Waals surface area contributed by atoms with Crippen molar-refractivity contribution in [1.82, 2.24) is 10.2 Å². The van der Waals surface area contributed by atoms with Gasteiger partial charge in [-0.15, -0.1) is 0 Å². The van der Waals surface area contributed by atoms with Gasteiger partial charge in [-0.3, -0.25) is 4.79 Å². The topological polar surface area (TPSA) is 35.6 Å². The third-order valence-electron chi connectivity index (χ3n) is 4.74. The number of anilines is 1. The fraction of sp³-hybridized carbons (Fsp3) is 0.588. The van der Waals surface area contributed by atoms with Gasteiger partial charge in [-0.05, 0) is 56.0 Å². The molecule has 1 amide bonds. The SMILES string of the molecule is CN1CCN(c2ccc(CC3CCNCC3)cc2)CC1=O. The molecule has 4 heteroatoms. The van der Waals surface area contributed by atoms with Gasteiger partial charge in [0.25, 0.3) is 0 Å². The molecule has 1 N–H and O–H groups in total. The minimum Gasteiger partial charge on any atom is -0.360 e. The fourth-order valence-electron chi connectivity index (χ4n) is 3.24. The van der Waals surface area contributed by atoms with E-state index in [1.165, 1.54) is 30.5 Å². The molecule has 3 rings (SSSR count). The van der Waals surface area contributed by atoms with Crippen LogP contribution in [0.25, 0.3) is 0 Å². The Hall–Kier alpha value is -1.55. The van der Waals surface area contributed by atoms with E-state index in [2.05, 4.69) is 34.5 Å². The predicted octanol–water partition coefficient (Wildman–Crippen LogP) is 1.51. The minimum absolute atomic E-state index is 0.208. The molecular weight excluding hydrogens is 262 g/mol. The van der Waals surface area contributed by atoms with Crippen LogP contribution in [0.3, 0.4) is 0 Å². The maximum absolute atomic E-state index is 11.8. The van der Waals surface area contributed by atoms with Gasteiger partial charge in [-0.1, -0.05) is 12.1 Å². The third-order valence-corrected chi connectivity index (χ3v) is 4.74. The highest BCUT2D eigenvalue weighted by Crippen LogP contribution is 2.21. The molecule has 21 heavy (non-hydrogen) atoms. The van der Waals surface area contributed by atoms with Crippen LogP contribution in [-0.4, -0.2) is 50.6 Å². The molecule has 1 aromatic carbocycles. The van der Waals surface area contributed by atoms with Crippen molar-refractivity contribution in [3.63, 3.8) is 0 Å². The molecule has 114 valence electrons. The number of likely N-dealkylation sites (N-methyl/N-ethyl adjacent to an activating group) is 1. The molecule has 0 saturated carbocycles. The Labute approximate surface area is 127 Å². The van der Waals surface area contributed by atoms with Crippen LogP contribution in [0.1, 0.15) is 18.4 Å². The molecule has 2 heterocycles. The summed E-state index contributed by atoms with van der Waals surface area (Å²) in [6.07, 6.45) is 3.76. The maximum atomic E-state index is 11.8. The predicted molar refractivity (Wildman–Crippen MR) is 85.6 cm³/mol. The van der Waals surface area contributed by atoms with E-state index in [-0.39, 0.29) is 5.91 Å². The standard InChI is InChI=1S/C17H25N3O/c1-19-10-11-20(13-17(19)21)16-4-2-14(3-5-16)12-15-6-8-18-9-7-15/h2-5,15,18H,6-13H2,1H3. The van der Waals surface area contributed by atoms with E-state index in [1.807, 2.05) is 11.9 Å². The zero-order valence-electron chi connectivity index (χ0n) is 12.8. The lowest BCUT2D eigenvalue weighted by Crippen LogP contribution is -2.48. The van der Waals surface area contributed by atoms with Gasteiger partial charge in [0, 0.05) is 25.8 Å². The van der Waals surface area contributed by atoms with Crippen molar-refractivity contribution in [2.75, 3.05) is 44.7 Å². The van der Waals surface area contributed by atoms with Crippen LogP contribution in [0.15, 0.2) is 24.3 Å². The third kappa shape index (κ3) is 3.56. The normalized spacial score (nSPS) is 20.9. The van der Waals surface area contributed by atoms with E-state index in [4.69, 9.17) is 0 Å². The average Bonchev–Trinajstić information content (AvgIpc) is 2.52. The molecule has 0 bridgehead atoms. The number of hydrogen-bond acceptors (Lipinski definition) is 3. The van der Waals surface area contributed by atoms with E-state index in [0.29, 0.717) is 6.54 Å². The van der Waals surface area contributed by atoms with E-state index >= 15 is 0 Å². The largest absolute Gasteiger partial charge is 0.360 e. The lowest BCUT2D eigenvalue weighted by Gasteiger charge is -2.33. The second kappa shape index (κ2) is 6.48. The highest BCUT2D eigenvalue weighted by Gasteiger charge is 2.21. The van der Waals surface area contributed by atoms with Crippen LogP contribution in [0.4, 0.5) is 5.69 Å². The quantitative estimate of drug-likeness (QED) is 0.915. The molecule has 0 spiro atoms. The van der Waals surface area contributed by atoms with Crippen LogP contribution < -0.4 is 10.2 Å². The van der Waals surface area contributed by atoms with Crippen LogP contribution >= 0.6 is 0 Å². The minimum atomic E-state index is 0.208. The van der Waals surface area contributed by atoms with Crippen molar-refractivity contribution in [3.05, 3.63) is 29.8 Å². The number of rotatable bonds is 3. The fourth-order valence-corrected chi connectivity index (χ4v) is 3.24. The lowest BCUT2D eigenvalue weighted by molar-refractivity contribution is -0.129. The van der Waals surface area contributed by atoms with Crippen molar-refractivity contribution >= 4 is 11.6 Å². The van der Waals surface area contributed by atoms with Gasteiger partial charge < -0.3 is 15.1 Å². The first kappa shape index (κ1) is 14.4. The van der Waals surface area contributed by atoms with E-state index in [0.717, 1.165) is 32.1 Å². The number of piperazine rings is 1. The summed E-state index contributed by atoms with van der Waals surface area (Å²) in [6, 6.07) is 8.82. The zero-order valence-corrected chi connectivity index (χ0v) is 12.8. The van der Waals surface area contributed by atoms with Gasteiger partial charge in [-0.2, -0.15) is 0 Å². The van der Waals surface area contributed by atoms with Gasteiger partial charge in [0.2, 0.25) is 5.91 Å². The molecule has 0 radical (unpaired) electrons. The highest BCUT2D eigenvalue weighted by atomic mass is 16.2. The van der Waals surface area contributed by atoms with Gasteiger partial charge >= 0.3 is 0 Å². The average molecular weight is 287 g/mol. The summed E-state index contributed by atoms with van der Waals surface area (Å²) < 4.78 is 0. The Bertz CT molecular complexity index is 479. The molecule has 2 aliphatic rings. The Balaban J connectivity index is 1.60. The van der Waals surface area contributed by atoms with Crippen molar-refractivity contribution in [1.29, 1.82) is 0 Å². The second-order valence-corrected chi connectivity index (χ2v) is 6.30. The summed E-state index contributed by atoms with van der Waals surface area (Å²) in [5.41, 5.74) is 2.59. The molecule has 0 atom stereocenters. The van der Waals surface area contributed by atoms with Crippen molar-refractivity contribution in [2.45, 2.75) is 19.3 Å². The molecule has 2 saturated heterocycles. The molecule has 1 aromatic rings. The summed E-state index contributed by atoms with van der Waals surface area (Å²) >= 11 is 0. The van der Waals surface area contributed by atoms with E-state index in [1.54, 1.807) is 0 Å². The monoisotopic (exact) mass is 287 g/mol. The summed E-state index contributed by atoms with van der Waals surface area (Å²) in [6.45, 7) is 4.56. The Kier molecular flexibility index (Phi) is 4.44. The molecule has 0 unspecified atom stereocenters. The number of benzene rings is 1. The number of nitrogens with zero attached hydrogens (tertiary/aromatic N) is 2. The molecule has 4 nitrogen and oxygen atoms in total. The van der Waals surface area contributed by atoms with Gasteiger partial charge in [-0.25, -0.2) is 0 Å². The summed E-state index contributed by atoms with van der Waals surface area (Å²) in [5, 5.41) is 3.42. The van der Waals surface area contributed by atoms with Crippen molar-refractivity contribution in [2.24, 2.45) is 5.92 Å². The van der Waals surface area contributed by atoms with Crippen molar-refractivity contribution in [3.8, 4) is 0 Å². The highest BCUT2D eigenvalue weighted by molar-refractivity contribution is 5.82. The molecule has 0 aliphatic carbocycles. The first-order chi connectivity index (χ1) is 10.2.